The van der Waals surface area contributed by atoms with Gasteiger partial charge in [-0.1, -0.05) is 0 Å². The number of aryl methyl sites for hydroxylation is 1. The number of nitrogens with one attached hydrogen (secondary N) is 1. The van der Waals surface area contributed by atoms with E-state index in [9.17, 15) is 8.42 Å². The number of anilines is 1. The summed E-state index contributed by atoms with van der Waals surface area (Å²) in [6.45, 7) is 2.59. The highest BCUT2D eigenvalue weighted by Gasteiger charge is 2.35. The van der Waals surface area contributed by atoms with Gasteiger partial charge in [-0.15, -0.1) is 10.2 Å². The second kappa shape index (κ2) is 4.69. The third-order valence-electron chi connectivity index (χ3n) is 3.85. The molecular weight excluding hydrogens is 278 g/mol. The maximum Gasteiger partial charge on any atom is 0.203 e. The predicted molar refractivity (Wildman–Crippen MR) is 75.4 cm³/mol. The van der Waals surface area contributed by atoms with Gasteiger partial charge in [0.25, 0.3) is 0 Å². The molecule has 2 aromatic heterocycles. The van der Waals surface area contributed by atoms with Gasteiger partial charge in [-0.25, -0.2) is 13.4 Å². The van der Waals surface area contributed by atoms with Crippen molar-refractivity contribution in [2.75, 3.05) is 18.1 Å². The normalized spacial score (nSPS) is 22.7. The molecule has 0 saturated heterocycles. The molecule has 1 saturated carbocycles. The van der Waals surface area contributed by atoms with Gasteiger partial charge in [-0.05, 0) is 25.7 Å². The Labute approximate surface area is 117 Å². The first-order valence-corrected chi connectivity index (χ1v) is 8.49. The van der Waals surface area contributed by atoms with Crippen LogP contribution in [0.5, 0.6) is 0 Å². The number of hydrogen-bond donors (Lipinski definition) is 1. The maximum absolute atomic E-state index is 11.4. The third-order valence-corrected chi connectivity index (χ3v) is 5.45. The zero-order valence-electron chi connectivity index (χ0n) is 11.4. The number of nitrogens with zero attached hydrogens (tertiary/aromatic N) is 4. The van der Waals surface area contributed by atoms with Gasteiger partial charge in [-0.3, -0.25) is 4.40 Å². The van der Waals surface area contributed by atoms with Crippen LogP contribution in [0.2, 0.25) is 0 Å². The smallest absolute Gasteiger partial charge is 0.203 e. The summed E-state index contributed by atoms with van der Waals surface area (Å²) in [5.41, 5.74) is 0.698. The molecule has 0 radical (unpaired) electrons. The molecule has 7 nitrogen and oxygen atoms in total. The molecule has 0 spiro atoms. The molecule has 0 aliphatic heterocycles. The van der Waals surface area contributed by atoms with Crippen molar-refractivity contribution in [3.8, 4) is 0 Å². The molecule has 0 amide bonds. The molecule has 1 fully saturated rings. The summed E-state index contributed by atoms with van der Waals surface area (Å²) in [5.74, 6) is 1.88. The van der Waals surface area contributed by atoms with Crippen LogP contribution < -0.4 is 5.32 Å². The second-order valence-electron chi connectivity index (χ2n) is 5.39. The van der Waals surface area contributed by atoms with Gasteiger partial charge in [0.2, 0.25) is 5.65 Å². The highest BCUT2D eigenvalue weighted by atomic mass is 32.2. The summed E-state index contributed by atoms with van der Waals surface area (Å²) in [7, 11) is -2.88. The minimum absolute atomic E-state index is 0.173. The minimum atomic E-state index is -2.88. The average molecular weight is 295 g/mol. The number of sulfone groups is 1. The lowest BCUT2D eigenvalue weighted by atomic mass is 9.85. The Morgan fingerprint density at radius 1 is 1.40 bits per heavy atom. The van der Waals surface area contributed by atoms with Crippen LogP contribution in [0.4, 0.5) is 5.82 Å². The van der Waals surface area contributed by atoms with E-state index in [0.29, 0.717) is 23.9 Å². The Balaban J connectivity index is 1.64. The van der Waals surface area contributed by atoms with E-state index in [2.05, 4.69) is 20.5 Å². The fraction of sp³-hybridized carbons (Fsp3) is 0.583. The summed E-state index contributed by atoms with van der Waals surface area (Å²) < 4.78 is 24.6. The molecule has 3 rings (SSSR count). The molecule has 0 aromatic carbocycles. The SMILES string of the molecule is Cc1nnc2c(NCC3CC(S(C)(=O)=O)C3)nccn12. The lowest BCUT2D eigenvalue weighted by Crippen LogP contribution is -2.38. The molecule has 2 aromatic rings. The number of aromatic nitrogens is 4. The van der Waals surface area contributed by atoms with E-state index in [-0.39, 0.29) is 5.25 Å². The van der Waals surface area contributed by atoms with E-state index >= 15 is 0 Å². The molecule has 0 bridgehead atoms. The van der Waals surface area contributed by atoms with Crippen molar-refractivity contribution < 1.29 is 8.42 Å². The lowest BCUT2D eigenvalue weighted by molar-refractivity contribution is 0.333. The average Bonchev–Trinajstić information content (AvgIpc) is 2.68. The number of fused-ring (bicyclic) bond motifs is 1. The predicted octanol–water partition coefficient (Wildman–Crippen LogP) is 0.668. The van der Waals surface area contributed by atoms with E-state index in [1.54, 1.807) is 6.20 Å². The first kappa shape index (κ1) is 13.3. The Morgan fingerprint density at radius 2 is 2.15 bits per heavy atom. The summed E-state index contributed by atoms with van der Waals surface area (Å²) in [5, 5.41) is 11.2. The van der Waals surface area contributed by atoms with Gasteiger partial charge in [-0.2, -0.15) is 0 Å². The molecule has 0 unspecified atom stereocenters. The summed E-state index contributed by atoms with van der Waals surface area (Å²) in [4.78, 5) is 4.27. The van der Waals surface area contributed by atoms with E-state index in [1.807, 2.05) is 17.5 Å². The van der Waals surface area contributed by atoms with Crippen molar-refractivity contribution >= 4 is 21.3 Å². The minimum Gasteiger partial charge on any atom is -0.367 e. The van der Waals surface area contributed by atoms with Crippen molar-refractivity contribution in [3.05, 3.63) is 18.2 Å². The van der Waals surface area contributed by atoms with Crippen LogP contribution >= 0.6 is 0 Å². The molecule has 1 aliphatic carbocycles. The molecule has 108 valence electrons. The van der Waals surface area contributed by atoms with Gasteiger partial charge in [0.15, 0.2) is 5.82 Å². The van der Waals surface area contributed by atoms with Crippen molar-refractivity contribution in [2.24, 2.45) is 5.92 Å². The molecular formula is C12H17N5O2S. The van der Waals surface area contributed by atoms with Crippen molar-refractivity contribution in [3.63, 3.8) is 0 Å². The van der Waals surface area contributed by atoms with Crippen LogP contribution in [-0.4, -0.2) is 46.1 Å². The van der Waals surface area contributed by atoms with Crippen LogP contribution in [-0.2, 0) is 9.84 Å². The van der Waals surface area contributed by atoms with Gasteiger partial charge in [0, 0.05) is 25.2 Å². The zero-order chi connectivity index (χ0) is 14.3. The van der Waals surface area contributed by atoms with Gasteiger partial charge in [0.05, 0.1) is 5.25 Å². The highest BCUT2D eigenvalue weighted by molar-refractivity contribution is 7.91. The largest absolute Gasteiger partial charge is 0.367 e. The van der Waals surface area contributed by atoms with Crippen molar-refractivity contribution in [2.45, 2.75) is 25.0 Å². The summed E-state index contributed by atoms with van der Waals surface area (Å²) in [6.07, 6.45) is 6.27. The molecule has 1 aliphatic rings. The molecule has 20 heavy (non-hydrogen) atoms. The number of rotatable bonds is 4. The fourth-order valence-electron chi connectivity index (χ4n) is 2.50. The Bertz CT molecular complexity index is 733. The van der Waals surface area contributed by atoms with Crippen LogP contribution in [0.15, 0.2) is 12.4 Å². The zero-order valence-corrected chi connectivity index (χ0v) is 12.3. The standard InChI is InChI=1S/C12H17N5O2S/c1-8-15-16-12-11(13-3-4-17(8)12)14-7-9-5-10(6-9)20(2,18)19/h3-4,9-10H,5-7H2,1-2H3,(H,13,14). The highest BCUT2D eigenvalue weighted by Crippen LogP contribution is 2.32. The first-order valence-electron chi connectivity index (χ1n) is 6.54. The Morgan fingerprint density at radius 3 is 2.85 bits per heavy atom. The van der Waals surface area contributed by atoms with Crippen molar-refractivity contribution in [1.29, 1.82) is 0 Å². The fourth-order valence-corrected chi connectivity index (χ4v) is 3.74. The molecule has 8 heteroatoms. The van der Waals surface area contributed by atoms with Crippen LogP contribution in [0, 0.1) is 12.8 Å². The summed E-state index contributed by atoms with van der Waals surface area (Å²) in [6, 6.07) is 0. The van der Waals surface area contributed by atoms with E-state index in [4.69, 9.17) is 0 Å². The maximum atomic E-state index is 11.4. The van der Waals surface area contributed by atoms with Crippen LogP contribution in [0.3, 0.4) is 0 Å². The Kier molecular flexibility index (Phi) is 3.12. The quantitative estimate of drug-likeness (QED) is 0.891. The van der Waals surface area contributed by atoms with E-state index in [1.165, 1.54) is 6.26 Å². The van der Waals surface area contributed by atoms with Gasteiger partial charge >= 0.3 is 0 Å². The third kappa shape index (κ3) is 2.35. The topological polar surface area (TPSA) is 89.2 Å². The Hall–Kier alpha value is -1.70. The first-order chi connectivity index (χ1) is 9.45. The van der Waals surface area contributed by atoms with Gasteiger partial charge in [0.1, 0.15) is 15.7 Å². The lowest BCUT2D eigenvalue weighted by Gasteiger charge is -2.33. The van der Waals surface area contributed by atoms with E-state index < -0.39 is 9.84 Å². The molecule has 1 N–H and O–H groups in total. The van der Waals surface area contributed by atoms with Crippen LogP contribution in [0.1, 0.15) is 18.7 Å². The van der Waals surface area contributed by atoms with Crippen LogP contribution in [0.25, 0.3) is 5.65 Å². The second-order valence-corrected chi connectivity index (χ2v) is 7.71. The number of hydrogen-bond acceptors (Lipinski definition) is 6. The van der Waals surface area contributed by atoms with E-state index in [0.717, 1.165) is 18.7 Å². The van der Waals surface area contributed by atoms with Crippen molar-refractivity contribution in [1.82, 2.24) is 19.6 Å². The monoisotopic (exact) mass is 295 g/mol. The molecule has 2 heterocycles. The van der Waals surface area contributed by atoms with Gasteiger partial charge < -0.3 is 5.32 Å². The molecule has 0 atom stereocenters. The summed E-state index contributed by atoms with van der Waals surface area (Å²) >= 11 is 0.